The summed E-state index contributed by atoms with van der Waals surface area (Å²) in [6.07, 6.45) is 2.18. The Labute approximate surface area is 63.2 Å². The molecule has 0 aliphatic carbocycles. The third kappa shape index (κ3) is 1.16. The predicted octanol–water partition coefficient (Wildman–Crippen LogP) is 2.46. The standard InChI is InChI=1S/C6H9IO/c1-2-6-5(7)3-4-8-6/h2-4H2,1H3. The summed E-state index contributed by atoms with van der Waals surface area (Å²) in [5.74, 6) is 1.20. The molecule has 1 aliphatic heterocycles. The maximum atomic E-state index is 5.29. The molecule has 0 N–H and O–H groups in total. The highest BCUT2D eigenvalue weighted by molar-refractivity contribution is 14.1. The Hall–Kier alpha value is 0.270. The van der Waals surface area contributed by atoms with Gasteiger partial charge in [-0.15, -0.1) is 0 Å². The molecule has 8 heavy (non-hydrogen) atoms. The summed E-state index contributed by atoms with van der Waals surface area (Å²) < 4.78 is 6.69. The Morgan fingerprint density at radius 3 is 2.75 bits per heavy atom. The first-order chi connectivity index (χ1) is 3.84. The lowest BCUT2D eigenvalue weighted by molar-refractivity contribution is 0.237. The number of halogens is 1. The van der Waals surface area contributed by atoms with E-state index in [1.807, 2.05) is 0 Å². The minimum Gasteiger partial charge on any atom is -0.497 e. The highest BCUT2D eigenvalue weighted by Gasteiger charge is 2.09. The van der Waals surface area contributed by atoms with Crippen molar-refractivity contribution in [3.05, 3.63) is 9.34 Å². The zero-order valence-corrected chi connectivity index (χ0v) is 7.07. The topological polar surface area (TPSA) is 9.23 Å². The van der Waals surface area contributed by atoms with E-state index in [0.29, 0.717) is 0 Å². The zero-order chi connectivity index (χ0) is 5.98. The number of rotatable bonds is 1. The average Bonchev–Trinajstić information content (AvgIpc) is 2.14. The average molecular weight is 224 g/mol. The van der Waals surface area contributed by atoms with Gasteiger partial charge in [0.15, 0.2) is 0 Å². The number of ether oxygens (including phenoxy) is 1. The van der Waals surface area contributed by atoms with Gasteiger partial charge in [-0.1, -0.05) is 6.92 Å². The van der Waals surface area contributed by atoms with Crippen LogP contribution < -0.4 is 0 Å². The minimum absolute atomic E-state index is 0.904. The van der Waals surface area contributed by atoms with E-state index < -0.39 is 0 Å². The van der Waals surface area contributed by atoms with E-state index in [0.717, 1.165) is 19.4 Å². The molecule has 0 amide bonds. The van der Waals surface area contributed by atoms with E-state index in [1.54, 1.807) is 0 Å². The van der Waals surface area contributed by atoms with Crippen molar-refractivity contribution in [3.63, 3.8) is 0 Å². The molecule has 0 aromatic heterocycles. The summed E-state index contributed by atoms with van der Waals surface area (Å²) in [6, 6.07) is 0. The Balaban J connectivity index is 2.58. The number of hydrogen-bond donors (Lipinski definition) is 0. The monoisotopic (exact) mass is 224 g/mol. The molecule has 0 spiro atoms. The Bertz CT molecular complexity index is 118. The molecule has 0 saturated carbocycles. The van der Waals surface area contributed by atoms with Crippen LogP contribution in [0.4, 0.5) is 0 Å². The van der Waals surface area contributed by atoms with Gasteiger partial charge in [-0.05, 0) is 22.6 Å². The Morgan fingerprint density at radius 2 is 2.50 bits per heavy atom. The zero-order valence-electron chi connectivity index (χ0n) is 4.91. The van der Waals surface area contributed by atoms with Crippen LogP contribution in [0.25, 0.3) is 0 Å². The highest BCUT2D eigenvalue weighted by Crippen LogP contribution is 2.26. The molecular formula is C6H9IO. The van der Waals surface area contributed by atoms with Crippen LogP contribution in [0.5, 0.6) is 0 Å². The van der Waals surface area contributed by atoms with E-state index in [1.165, 1.54) is 9.34 Å². The lowest BCUT2D eigenvalue weighted by Crippen LogP contribution is -1.80. The second kappa shape index (κ2) is 2.71. The van der Waals surface area contributed by atoms with Crippen molar-refractivity contribution in [1.82, 2.24) is 0 Å². The lowest BCUT2D eigenvalue weighted by atomic mass is 10.3. The Morgan fingerprint density at radius 1 is 1.75 bits per heavy atom. The van der Waals surface area contributed by atoms with Gasteiger partial charge >= 0.3 is 0 Å². The van der Waals surface area contributed by atoms with Crippen molar-refractivity contribution in [1.29, 1.82) is 0 Å². The van der Waals surface area contributed by atoms with Gasteiger partial charge in [0.05, 0.1) is 6.61 Å². The predicted molar refractivity (Wildman–Crippen MR) is 41.9 cm³/mol. The van der Waals surface area contributed by atoms with Crippen LogP contribution in [0.1, 0.15) is 19.8 Å². The summed E-state index contributed by atoms with van der Waals surface area (Å²) in [7, 11) is 0. The van der Waals surface area contributed by atoms with Crippen LogP contribution in [0, 0.1) is 0 Å². The molecule has 0 unspecified atom stereocenters. The number of allylic oxidation sites excluding steroid dienone is 1. The summed E-state index contributed by atoms with van der Waals surface area (Å²) in [6.45, 7) is 3.03. The molecule has 2 heteroatoms. The smallest absolute Gasteiger partial charge is 0.105 e. The molecule has 46 valence electrons. The SMILES string of the molecule is CCC1=C(I)CCO1. The fraction of sp³-hybridized carbons (Fsp3) is 0.667. The molecule has 0 atom stereocenters. The summed E-state index contributed by atoms with van der Waals surface area (Å²) in [5, 5.41) is 0. The van der Waals surface area contributed by atoms with Gasteiger partial charge in [0.2, 0.25) is 0 Å². The molecule has 0 aromatic rings. The van der Waals surface area contributed by atoms with Gasteiger partial charge < -0.3 is 4.74 Å². The molecular weight excluding hydrogens is 215 g/mol. The van der Waals surface area contributed by atoms with Crippen molar-refractivity contribution in [2.75, 3.05) is 6.61 Å². The van der Waals surface area contributed by atoms with Gasteiger partial charge in [0, 0.05) is 16.4 Å². The lowest BCUT2D eigenvalue weighted by Gasteiger charge is -1.96. The molecule has 1 nitrogen and oxygen atoms in total. The van der Waals surface area contributed by atoms with Gasteiger partial charge in [0.1, 0.15) is 5.76 Å². The third-order valence-corrected chi connectivity index (χ3v) is 2.36. The van der Waals surface area contributed by atoms with Crippen LogP contribution in [0.15, 0.2) is 9.34 Å². The summed E-state index contributed by atoms with van der Waals surface area (Å²) in [5.41, 5.74) is 0. The molecule has 1 aliphatic rings. The second-order valence-corrected chi connectivity index (χ2v) is 3.08. The third-order valence-electron chi connectivity index (χ3n) is 1.22. The minimum atomic E-state index is 0.904. The van der Waals surface area contributed by atoms with E-state index in [9.17, 15) is 0 Å². The number of hydrogen-bond acceptors (Lipinski definition) is 1. The van der Waals surface area contributed by atoms with E-state index >= 15 is 0 Å². The quantitative estimate of drug-likeness (QED) is 0.621. The van der Waals surface area contributed by atoms with Crippen LogP contribution in [0.2, 0.25) is 0 Å². The van der Waals surface area contributed by atoms with Crippen LogP contribution in [-0.2, 0) is 4.74 Å². The first-order valence-electron chi connectivity index (χ1n) is 2.85. The van der Waals surface area contributed by atoms with E-state index in [-0.39, 0.29) is 0 Å². The van der Waals surface area contributed by atoms with Gasteiger partial charge in [-0.25, -0.2) is 0 Å². The molecule has 0 fully saturated rings. The first kappa shape index (κ1) is 6.39. The maximum absolute atomic E-state index is 5.29. The van der Waals surface area contributed by atoms with Crippen molar-refractivity contribution in [2.24, 2.45) is 0 Å². The summed E-state index contributed by atoms with van der Waals surface area (Å²) in [4.78, 5) is 0. The molecule has 0 aromatic carbocycles. The van der Waals surface area contributed by atoms with Crippen molar-refractivity contribution in [3.8, 4) is 0 Å². The fourth-order valence-electron chi connectivity index (χ4n) is 0.775. The molecule has 1 heterocycles. The fourth-order valence-corrected chi connectivity index (χ4v) is 1.53. The van der Waals surface area contributed by atoms with Crippen molar-refractivity contribution in [2.45, 2.75) is 19.8 Å². The van der Waals surface area contributed by atoms with Gasteiger partial charge in [0.25, 0.3) is 0 Å². The van der Waals surface area contributed by atoms with Crippen LogP contribution in [-0.4, -0.2) is 6.61 Å². The van der Waals surface area contributed by atoms with Gasteiger partial charge in [-0.3, -0.25) is 0 Å². The second-order valence-electron chi connectivity index (χ2n) is 1.78. The molecule has 0 radical (unpaired) electrons. The largest absolute Gasteiger partial charge is 0.497 e. The Kier molecular flexibility index (Phi) is 2.16. The van der Waals surface area contributed by atoms with E-state index in [2.05, 4.69) is 29.5 Å². The van der Waals surface area contributed by atoms with Crippen molar-refractivity contribution >= 4 is 22.6 Å². The van der Waals surface area contributed by atoms with Crippen LogP contribution >= 0.6 is 22.6 Å². The molecule has 1 rings (SSSR count). The van der Waals surface area contributed by atoms with Crippen LogP contribution in [0.3, 0.4) is 0 Å². The van der Waals surface area contributed by atoms with Crippen molar-refractivity contribution < 1.29 is 4.74 Å². The highest BCUT2D eigenvalue weighted by atomic mass is 127. The van der Waals surface area contributed by atoms with Gasteiger partial charge in [-0.2, -0.15) is 0 Å². The first-order valence-corrected chi connectivity index (χ1v) is 3.92. The normalized spacial score (nSPS) is 19.2. The molecule has 0 saturated heterocycles. The maximum Gasteiger partial charge on any atom is 0.105 e. The molecule has 0 bridgehead atoms. The van der Waals surface area contributed by atoms with E-state index in [4.69, 9.17) is 4.74 Å². The summed E-state index contributed by atoms with van der Waals surface area (Å²) >= 11 is 2.35.